The van der Waals surface area contributed by atoms with Crippen LogP contribution in [0.15, 0.2) is 59.8 Å². The van der Waals surface area contributed by atoms with Crippen molar-refractivity contribution >= 4 is 34.0 Å². The fourth-order valence-electron chi connectivity index (χ4n) is 3.87. The van der Waals surface area contributed by atoms with E-state index in [1.807, 2.05) is 4.90 Å². The summed E-state index contributed by atoms with van der Waals surface area (Å²) in [6.07, 6.45) is 2.67. The molecule has 12 nitrogen and oxygen atoms in total. The number of aromatic amines is 1. The molecule has 3 heterocycles. The van der Waals surface area contributed by atoms with E-state index in [9.17, 15) is 19.7 Å². The van der Waals surface area contributed by atoms with E-state index in [2.05, 4.69) is 20.4 Å². The number of para-hydroxylation sites is 2. The summed E-state index contributed by atoms with van der Waals surface area (Å²) in [6, 6.07) is 11.3. The number of amides is 1. The standard InChI is InChI=1S/C22H19N7O5/c30-21(14-5-6-18(19(11-14)29(32)33)27-7-9-34-10-8-27)26-16-3-1-2-4-17(16)28-20-15(12-25-28)22(31)24-13-23-20/h1-6,11-13H,7-10H2,(H,26,30)(H,23,24,31). The smallest absolute Gasteiger partial charge is 0.293 e. The summed E-state index contributed by atoms with van der Waals surface area (Å²) in [7, 11) is 0. The third kappa shape index (κ3) is 3.86. The van der Waals surface area contributed by atoms with E-state index < -0.39 is 10.8 Å². The Morgan fingerprint density at radius 2 is 1.94 bits per heavy atom. The van der Waals surface area contributed by atoms with Crippen molar-refractivity contribution in [1.82, 2.24) is 19.7 Å². The monoisotopic (exact) mass is 461 g/mol. The lowest BCUT2D eigenvalue weighted by atomic mass is 10.1. The lowest BCUT2D eigenvalue weighted by molar-refractivity contribution is -0.384. The van der Waals surface area contributed by atoms with Gasteiger partial charge in [0.2, 0.25) is 0 Å². The Labute approximate surface area is 191 Å². The molecule has 0 radical (unpaired) electrons. The first-order valence-electron chi connectivity index (χ1n) is 10.5. The molecule has 172 valence electrons. The summed E-state index contributed by atoms with van der Waals surface area (Å²) >= 11 is 0. The zero-order chi connectivity index (χ0) is 23.7. The van der Waals surface area contributed by atoms with Crippen LogP contribution in [0.3, 0.4) is 0 Å². The number of ether oxygens (including phenoxy) is 1. The second kappa shape index (κ2) is 8.75. The summed E-state index contributed by atoms with van der Waals surface area (Å²) < 4.78 is 6.77. The maximum Gasteiger partial charge on any atom is 0.293 e. The minimum atomic E-state index is -0.522. The summed E-state index contributed by atoms with van der Waals surface area (Å²) in [5, 5.41) is 19.1. The molecular weight excluding hydrogens is 442 g/mol. The lowest BCUT2D eigenvalue weighted by Gasteiger charge is -2.28. The van der Waals surface area contributed by atoms with E-state index in [-0.39, 0.29) is 16.8 Å². The number of morpholine rings is 1. The Morgan fingerprint density at radius 1 is 1.15 bits per heavy atom. The normalized spacial score (nSPS) is 13.7. The van der Waals surface area contributed by atoms with Crippen LogP contribution in [-0.2, 0) is 4.74 Å². The van der Waals surface area contributed by atoms with Crippen LogP contribution in [0, 0.1) is 10.1 Å². The molecule has 0 aliphatic carbocycles. The van der Waals surface area contributed by atoms with Crippen LogP contribution in [0.2, 0.25) is 0 Å². The second-order valence-electron chi connectivity index (χ2n) is 7.56. The van der Waals surface area contributed by atoms with Crippen LogP contribution in [0.4, 0.5) is 17.1 Å². The molecule has 0 atom stereocenters. The number of carbonyl (C=O) groups is 1. The van der Waals surface area contributed by atoms with Crippen molar-refractivity contribution < 1.29 is 14.5 Å². The molecule has 2 aromatic heterocycles. The average Bonchev–Trinajstić information content (AvgIpc) is 3.30. The highest BCUT2D eigenvalue weighted by molar-refractivity contribution is 6.06. The van der Waals surface area contributed by atoms with E-state index in [0.29, 0.717) is 54.4 Å². The number of benzene rings is 2. The van der Waals surface area contributed by atoms with Gasteiger partial charge in [-0.2, -0.15) is 5.10 Å². The van der Waals surface area contributed by atoms with Gasteiger partial charge in [-0.15, -0.1) is 0 Å². The number of rotatable bonds is 5. The molecule has 1 amide bonds. The van der Waals surface area contributed by atoms with Gasteiger partial charge >= 0.3 is 0 Å². The molecular formula is C22H19N7O5. The van der Waals surface area contributed by atoms with E-state index >= 15 is 0 Å². The highest BCUT2D eigenvalue weighted by atomic mass is 16.6. The summed E-state index contributed by atoms with van der Waals surface area (Å²) in [5.74, 6) is -0.522. The van der Waals surface area contributed by atoms with E-state index in [1.54, 1.807) is 36.4 Å². The van der Waals surface area contributed by atoms with E-state index in [0.717, 1.165) is 0 Å². The first kappa shape index (κ1) is 21.3. The molecule has 5 rings (SSSR count). The molecule has 0 saturated carbocycles. The number of nitrogens with one attached hydrogen (secondary N) is 2. The number of nitrogens with zero attached hydrogens (tertiary/aromatic N) is 5. The van der Waals surface area contributed by atoms with Gasteiger partial charge in [0.05, 0.1) is 42.0 Å². The molecule has 4 aromatic rings. The molecule has 1 saturated heterocycles. The van der Waals surface area contributed by atoms with Crippen LogP contribution < -0.4 is 15.8 Å². The number of H-pyrrole nitrogens is 1. The first-order chi connectivity index (χ1) is 16.5. The zero-order valence-corrected chi connectivity index (χ0v) is 17.8. The minimum Gasteiger partial charge on any atom is -0.378 e. The van der Waals surface area contributed by atoms with Gasteiger partial charge in [0.25, 0.3) is 17.2 Å². The van der Waals surface area contributed by atoms with Crippen LogP contribution in [0.25, 0.3) is 16.7 Å². The van der Waals surface area contributed by atoms with Crippen molar-refractivity contribution in [3.8, 4) is 5.69 Å². The Morgan fingerprint density at radius 3 is 2.74 bits per heavy atom. The van der Waals surface area contributed by atoms with Gasteiger partial charge in [0, 0.05) is 24.7 Å². The predicted molar refractivity (Wildman–Crippen MR) is 124 cm³/mol. The van der Waals surface area contributed by atoms with Crippen LogP contribution in [-0.4, -0.2) is 56.9 Å². The predicted octanol–water partition coefficient (Wildman–Crippen LogP) is 2.11. The molecule has 0 spiro atoms. The third-order valence-corrected chi connectivity index (χ3v) is 5.54. The third-order valence-electron chi connectivity index (χ3n) is 5.54. The molecule has 34 heavy (non-hydrogen) atoms. The van der Waals surface area contributed by atoms with Crippen LogP contribution in [0.5, 0.6) is 0 Å². The number of hydrogen-bond donors (Lipinski definition) is 2. The average molecular weight is 461 g/mol. The molecule has 0 unspecified atom stereocenters. The Bertz CT molecular complexity index is 1460. The van der Waals surface area contributed by atoms with Crippen molar-refractivity contribution in [3.63, 3.8) is 0 Å². The summed E-state index contributed by atoms with van der Waals surface area (Å²) in [4.78, 5) is 44.9. The maximum atomic E-state index is 13.0. The van der Waals surface area contributed by atoms with Crippen molar-refractivity contribution in [1.29, 1.82) is 0 Å². The minimum absolute atomic E-state index is 0.137. The number of hydrogen-bond acceptors (Lipinski definition) is 8. The SMILES string of the molecule is O=C(Nc1ccccc1-n1ncc2c(=O)[nH]cnc21)c1ccc(N2CCOCC2)c([N+](=O)[O-])c1. The molecule has 12 heteroatoms. The van der Waals surface area contributed by atoms with Crippen LogP contribution in [0.1, 0.15) is 10.4 Å². The quantitative estimate of drug-likeness (QED) is 0.339. The first-order valence-corrected chi connectivity index (χ1v) is 10.5. The fourth-order valence-corrected chi connectivity index (χ4v) is 3.87. The molecule has 0 bridgehead atoms. The summed E-state index contributed by atoms with van der Waals surface area (Å²) in [6.45, 7) is 2.04. The van der Waals surface area contributed by atoms with E-state index in [4.69, 9.17) is 4.74 Å². The number of nitro benzene ring substituents is 1. The van der Waals surface area contributed by atoms with Crippen molar-refractivity contribution in [3.05, 3.63) is 81.0 Å². The Balaban J connectivity index is 1.47. The molecule has 1 aliphatic rings. The molecule has 1 aliphatic heterocycles. The zero-order valence-electron chi connectivity index (χ0n) is 17.8. The molecule has 2 aromatic carbocycles. The number of carbonyl (C=O) groups excluding carboxylic acids is 1. The number of nitro groups is 1. The number of anilines is 2. The van der Waals surface area contributed by atoms with Gasteiger partial charge in [-0.3, -0.25) is 19.7 Å². The fraction of sp³-hybridized carbons (Fsp3) is 0.182. The number of aromatic nitrogens is 4. The molecule has 2 N–H and O–H groups in total. The molecule has 1 fully saturated rings. The maximum absolute atomic E-state index is 13.0. The van der Waals surface area contributed by atoms with E-state index in [1.165, 1.54) is 23.3 Å². The largest absolute Gasteiger partial charge is 0.378 e. The lowest BCUT2D eigenvalue weighted by Crippen LogP contribution is -2.36. The summed E-state index contributed by atoms with van der Waals surface area (Å²) in [5.41, 5.74) is 1.33. The highest BCUT2D eigenvalue weighted by Gasteiger charge is 2.24. The van der Waals surface area contributed by atoms with Crippen molar-refractivity contribution in [2.75, 3.05) is 36.5 Å². The number of fused-ring (bicyclic) bond motifs is 1. The van der Waals surface area contributed by atoms with Gasteiger partial charge in [-0.25, -0.2) is 9.67 Å². The van der Waals surface area contributed by atoms with Gasteiger partial charge < -0.3 is 19.9 Å². The van der Waals surface area contributed by atoms with Crippen molar-refractivity contribution in [2.24, 2.45) is 0 Å². The van der Waals surface area contributed by atoms with Crippen LogP contribution >= 0.6 is 0 Å². The van der Waals surface area contributed by atoms with Gasteiger partial charge in [-0.05, 0) is 24.3 Å². The van der Waals surface area contributed by atoms with Gasteiger partial charge in [0.1, 0.15) is 11.1 Å². The Hall–Kier alpha value is -4.58. The second-order valence-corrected chi connectivity index (χ2v) is 7.56. The highest BCUT2D eigenvalue weighted by Crippen LogP contribution is 2.30. The van der Waals surface area contributed by atoms with Gasteiger partial charge in [0.15, 0.2) is 5.65 Å². The van der Waals surface area contributed by atoms with Gasteiger partial charge in [-0.1, -0.05) is 12.1 Å². The topological polar surface area (TPSA) is 148 Å². The van der Waals surface area contributed by atoms with Crippen molar-refractivity contribution in [2.45, 2.75) is 0 Å². The Kier molecular flexibility index (Phi) is 5.47.